The van der Waals surface area contributed by atoms with Crippen molar-refractivity contribution in [3.05, 3.63) is 0 Å². The van der Waals surface area contributed by atoms with E-state index in [1.165, 1.54) is 4.90 Å². The number of aliphatic hydroxyl groups is 1. The van der Waals surface area contributed by atoms with Crippen LogP contribution in [0.25, 0.3) is 0 Å². The molecule has 0 aromatic rings. The number of nitrogens with two attached hydrogens (primary N) is 1. The van der Waals surface area contributed by atoms with E-state index >= 15 is 0 Å². The zero-order valence-electron chi connectivity index (χ0n) is 10.5. The fraction of sp³-hybridized carbons (Fsp3) is 0.727. The van der Waals surface area contributed by atoms with E-state index in [1.54, 1.807) is 0 Å². The molecule has 1 atom stereocenters. The summed E-state index contributed by atoms with van der Waals surface area (Å²) in [6.07, 6.45) is 1.88. The zero-order chi connectivity index (χ0) is 14.4. The highest BCUT2D eigenvalue weighted by atomic mass is 16.4. The van der Waals surface area contributed by atoms with Crippen molar-refractivity contribution in [3.63, 3.8) is 0 Å². The second-order valence-corrected chi connectivity index (χ2v) is 4.57. The first-order chi connectivity index (χ1) is 8.91. The number of primary amides is 1. The molecule has 0 spiro atoms. The summed E-state index contributed by atoms with van der Waals surface area (Å²) in [5.41, 5.74) is 5.10. The van der Waals surface area contributed by atoms with Crippen molar-refractivity contribution in [2.45, 2.75) is 37.8 Å². The predicted molar refractivity (Wildman–Crippen MR) is 65.2 cm³/mol. The van der Waals surface area contributed by atoms with E-state index in [9.17, 15) is 14.4 Å². The molecule has 0 radical (unpaired) electrons. The van der Waals surface area contributed by atoms with Crippen LogP contribution in [-0.4, -0.2) is 58.3 Å². The van der Waals surface area contributed by atoms with Crippen molar-refractivity contribution < 1.29 is 24.6 Å². The summed E-state index contributed by atoms with van der Waals surface area (Å²) in [4.78, 5) is 34.6. The van der Waals surface area contributed by atoms with Gasteiger partial charge in [-0.05, 0) is 12.8 Å². The maximum absolute atomic E-state index is 11.9. The molecule has 8 heteroatoms. The summed E-state index contributed by atoms with van der Waals surface area (Å²) < 4.78 is 0. The van der Waals surface area contributed by atoms with Gasteiger partial charge in [-0.25, -0.2) is 9.59 Å². The van der Waals surface area contributed by atoms with Crippen LogP contribution in [0.4, 0.5) is 4.79 Å². The van der Waals surface area contributed by atoms with Crippen LogP contribution in [0.3, 0.4) is 0 Å². The molecule has 1 fully saturated rings. The lowest BCUT2D eigenvalue weighted by atomic mass is 10.2. The monoisotopic (exact) mass is 273 g/mol. The largest absolute Gasteiger partial charge is 0.479 e. The molecule has 0 saturated heterocycles. The number of carboxylic acid groups (broad SMARTS) is 1. The molecular weight excluding hydrogens is 254 g/mol. The van der Waals surface area contributed by atoms with Crippen LogP contribution >= 0.6 is 0 Å². The van der Waals surface area contributed by atoms with Gasteiger partial charge in [-0.15, -0.1) is 0 Å². The van der Waals surface area contributed by atoms with E-state index in [0.717, 1.165) is 25.7 Å². The molecule has 0 aromatic heterocycles. The van der Waals surface area contributed by atoms with Crippen LogP contribution in [-0.2, 0) is 9.59 Å². The number of urea groups is 1. The van der Waals surface area contributed by atoms with Gasteiger partial charge in [-0.1, -0.05) is 12.8 Å². The standard InChI is InChI=1S/C11H19N3O5/c12-9(16)6-14(7-3-1-2-4-7)11(19)13-5-8(15)10(17)18/h7-8,15H,1-6H2,(H2,12,16)(H,13,19)(H,17,18)/t8-/m0/s1. The average molecular weight is 273 g/mol. The summed E-state index contributed by atoms with van der Waals surface area (Å²) in [5, 5.41) is 19.9. The lowest BCUT2D eigenvalue weighted by Gasteiger charge is -2.28. The van der Waals surface area contributed by atoms with Crippen molar-refractivity contribution in [3.8, 4) is 0 Å². The molecule has 1 aliphatic carbocycles. The van der Waals surface area contributed by atoms with Crippen molar-refractivity contribution in [1.82, 2.24) is 10.2 Å². The Labute approximate surface area is 110 Å². The molecule has 108 valence electrons. The lowest BCUT2D eigenvalue weighted by Crippen LogP contribution is -2.50. The highest BCUT2D eigenvalue weighted by Gasteiger charge is 2.28. The van der Waals surface area contributed by atoms with Gasteiger partial charge in [-0.3, -0.25) is 4.79 Å². The molecule has 3 amide bonds. The molecule has 0 bridgehead atoms. The Kier molecular flexibility index (Phi) is 5.56. The summed E-state index contributed by atoms with van der Waals surface area (Å²) in [6.45, 7) is -0.615. The van der Waals surface area contributed by atoms with Crippen LogP contribution in [0.5, 0.6) is 0 Å². The second-order valence-electron chi connectivity index (χ2n) is 4.57. The normalized spacial score (nSPS) is 16.9. The van der Waals surface area contributed by atoms with Crippen LogP contribution in [0.15, 0.2) is 0 Å². The maximum Gasteiger partial charge on any atom is 0.334 e. The first-order valence-corrected chi connectivity index (χ1v) is 6.15. The van der Waals surface area contributed by atoms with Gasteiger partial charge in [0.2, 0.25) is 5.91 Å². The van der Waals surface area contributed by atoms with Gasteiger partial charge in [0.1, 0.15) is 6.54 Å². The third-order valence-electron chi connectivity index (χ3n) is 3.08. The number of carboxylic acids is 1. The molecule has 1 rings (SSSR count). The quantitative estimate of drug-likeness (QED) is 0.486. The molecule has 0 heterocycles. The van der Waals surface area contributed by atoms with Gasteiger partial charge in [0.15, 0.2) is 6.10 Å². The van der Waals surface area contributed by atoms with Gasteiger partial charge < -0.3 is 26.2 Å². The Balaban J connectivity index is 2.55. The molecule has 1 saturated carbocycles. The van der Waals surface area contributed by atoms with Gasteiger partial charge in [0.05, 0.1) is 6.54 Å². The van der Waals surface area contributed by atoms with Crippen molar-refractivity contribution in [2.75, 3.05) is 13.1 Å². The Morgan fingerprint density at radius 2 is 1.89 bits per heavy atom. The molecular formula is C11H19N3O5. The van der Waals surface area contributed by atoms with Gasteiger partial charge in [0.25, 0.3) is 0 Å². The first kappa shape index (κ1) is 15.2. The van der Waals surface area contributed by atoms with Crippen LogP contribution in [0, 0.1) is 0 Å². The molecule has 0 aliphatic heterocycles. The minimum absolute atomic E-state index is 0.0607. The Morgan fingerprint density at radius 1 is 1.32 bits per heavy atom. The maximum atomic E-state index is 11.9. The molecule has 19 heavy (non-hydrogen) atoms. The number of aliphatic hydroxyl groups excluding tert-OH is 1. The zero-order valence-corrected chi connectivity index (χ0v) is 10.5. The molecule has 8 nitrogen and oxygen atoms in total. The van der Waals surface area contributed by atoms with E-state index in [4.69, 9.17) is 15.9 Å². The number of nitrogens with one attached hydrogen (secondary N) is 1. The van der Waals surface area contributed by atoms with Crippen LogP contribution < -0.4 is 11.1 Å². The third-order valence-corrected chi connectivity index (χ3v) is 3.08. The molecule has 0 unspecified atom stereocenters. The minimum atomic E-state index is -1.66. The predicted octanol–water partition coefficient (Wildman–Crippen LogP) is -1.13. The number of nitrogens with zero attached hydrogens (tertiary/aromatic N) is 1. The molecule has 1 aliphatic rings. The number of rotatable bonds is 6. The van der Waals surface area contributed by atoms with Gasteiger partial charge in [-0.2, -0.15) is 0 Å². The third kappa shape index (κ3) is 4.74. The fourth-order valence-electron chi connectivity index (χ4n) is 2.12. The number of aliphatic carboxylic acids is 1. The second kappa shape index (κ2) is 6.93. The van der Waals surface area contributed by atoms with Crippen molar-refractivity contribution in [2.24, 2.45) is 5.73 Å². The average Bonchev–Trinajstić information content (AvgIpc) is 2.85. The van der Waals surface area contributed by atoms with Crippen LogP contribution in [0.1, 0.15) is 25.7 Å². The van der Waals surface area contributed by atoms with E-state index in [-0.39, 0.29) is 12.6 Å². The summed E-state index contributed by atoms with van der Waals surface area (Å²) in [5.74, 6) is -2.04. The SMILES string of the molecule is NC(=O)CN(C(=O)NC[C@H](O)C(=O)O)C1CCCC1. The lowest BCUT2D eigenvalue weighted by molar-refractivity contribution is -0.146. The highest BCUT2D eigenvalue weighted by Crippen LogP contribution is 2.23. The molecule has 5 N–H and O–H groups in total. The minimum Gasteiger partial charge on any atom is -0.479 e. The van der Waals surface area contributed by atoms with Gasteiger partial charge in [0, 0.05) is 6.04 Å². The number of amides is 3. The van der Waals surface area contributed by atoms with Crippen LogP contribution in [0.2, 0.25) is 0 Å². The number of hydrogen-bond donors (Lipinski definition) is 4. The smallest absolute Gasteiger partial charge is 0.334 e. The number of carbonyl (C=O) groups excluding carboxylic acids is 2. The van der Waals surface area contributed by atoms with E-state index < -0.39 is 30.6 Å². The Bertz CT molecular complexity index is 354. The highest BCUT2D eigenvalue weighted by molar-refractivity contribution is 5.83. The van der Waals surface area contributed by atoms with Crippen molar-refractivity contribution in [1.29, 1.82) is 0 Å². The van der Waals surface area contributed by atoms with E-state index in [2.05, 4.69) is 5.32 Å². The number of carbonyl (C=O) groups is 3. The van der Waals surface area contributed by atoms with E-state index in [1.807, 2.05) is 0 Å². The van der Waals surface area contributed by atoms with Crippen molar-refractivity contribution >= 4 is 17.9 Å². The van der Waals surface area contributed by atoms with E-state index in [0.29, 0.717) is 0 Å². The summed E-state index contributed by atoms with van der Waals surface area (Å²) in [7, 11) is 0. The summed E-state index contributed by atoms with van der Waals surface area (Å²) in [6, 6.07) is -0.638. The van der Waals surface area contributed by atoms with Gasteiger partial charge >= 0.3 is 12.0 Å². The fourth-order valence-corrected chi connectivity index (χ4v) is 2.12. The topological polar surface area (TPSA) is 133 Å². The number of hydrogen-bond acceptors (Lipinski definition) is 4. The Hall–Kier alpha value is -1.83. The first-order valence-electron chi connectivity index (χ1n) is 6.15. The Morgan fingerprint density at radius 3 is 2.37 bits per heavy atom. The molecule has 0 aromatic carbocycles. The summed E-state index contributed by atoms with van der Waals surface area (Å²) >= 11 is 0.